The lowest BCUT2D eigenvalue weighted by Crippen LogP contribution is -2.50. The minimum absolute atomic E-state index is 0.0982. The van der Waals surface area contributed by atoms with E-state index in [1.165, 1.54) is 24.3 Å². The quantitative estimate of drug-likeness (QED) is 0.840. The van der Waals surface area contributed by atoms with Crippen molar-refractivity contribution in [3.05, 3.63) is 30.1 Å². The van der Waals surface area contributed by atoms with Crippen molar-refractivity contribution in [2.24, 2.45) is 11.7 Å². The third kappa shape index (κ3) is 4.72. The van der Waals surface area contributed by atoms with E-state index in [4.69, 9.17) is 10.5 Å². The number of carbonyl (C=O) groups is 2. The van der Waals surface area contributed by atoms with E-state index in [9.17, 15) is 14.0 Å². The fourth-order valence-corrected chi connectivity index (χ4v) is 2.78. The first-order chi connectivity index (χ1) is 10.6. The molecule has 1 aliphatic rings. The van der Waals surface area contributed by atoms with Crippen molar-refractivity contribution in [3.8, 4) is 5.75 Å². The molecule has 2 rings (SSSR count). The van der Waals surface area contributed by atoms with E-state index in [-0.39, 0.29) is 18.3 Å². The van der Waals surface area contributed by atoms with Crippen LogP contribution >= 0.6 is 0 Å². The van der Waals surface area contributed by atoms with Crippen LogP contribution in [0.2, 0.25) is 0 Å². The summed E-state index contributed by atoms with van der Waals surface area (Å²) in [5.74, 6) is -0.797. The van der Waals surface area contributed by atoms with Gasteiger partial charge in [-0.3, -0.25) is 9.59 Å². The van der Waals surface area contributed by atoms with Crippen molar-refractivity contribution >= 4 is 11.8 Å². The topological polar surface area (TPSA) is 81.4 Å². The highest BCUT2D eigenvalue weighted by Gasteiger charge is 2.29. The van der Waals surface area contributed by atoms with Gasteiger partial charge in [-0.2, -0.15) is 0 Å². The lowest BCUT2D eigenvalue weighted by molar-refractivity contribution is -0.130. The van der Waals surface area contributed by atoms with Gasteiger partial charge in [-0.05, 0) is 43.0 Å². The van der Waals surface area contributed by atoms with Gasteiger partial charge in [0.15, 0.2) is 6.61 Å². The molecule has 0 aromatic heterocycles. The van der Waals surface area contributed by atoms with E-state index >= 15 is 0 Å². The second-order valence-corrected chi connectivity index (χ2v) is 5.59. The standard InChI is InChI=1S/C16H21FN2O3/c17-12-6-8-13(9-7-12)22-10-14(20)19-15(16(18)21)11-4-2-1-3-5-11/h6-9,11,15H,1-5,10H2,(H2,18,21)(H,19,20). The Kier molecular flexibility index (Phi) is 5.75. The Morgan fingerprint density at radius 3 is 2.45 bits per heavy atom. The van der Waals surface area contributed by atoms with E-state index in [1.807, 2.05) is 0 Å². The molecule has 0 saturated heterocycles. The van der Waals surface area contributed by atoms with Crippen molar-refractivity contribution in [1.82, 2.24) is 5.32 Å². The summed E-state index contributed by atoms with van der Waals surface area (Å²) in [5.41, 5.74) is 5.40. The van der Waals surface area contributed by atoms with Crippen LogP contribution in [0.25, 0.3) is 0 Å². The van der Waals surface area contributed by atoms with Crippen LogP contribution in [-0.4, -0.2) is 24.5 Å². The number of nitrogens with one attached hydrogen (secondary N) is 1. The predicted octanol–water partition coefficient (Wildman–Crippen LogP) is 1.75. The minimum Gasteiger partial charge on any atom is -0.484 e. The van der Waals surface area contributed by atoms with Crippen molar-refractivity contribution < 1.29 is 18.7 Å². The van der Waals surface area contributed by atoms with Crippen LogP contribution in [-0.2, 0) is 9.59 Å². The average Bonchev–Trinajstić information content (AvgIpc) is 2.52. The molecule has 1 aliphatic carbocycles. The maximum absolute atomic E-state index is 12.8. The maximum atomic E-state index is 12.8. The maximum Gasteiger partial charge on any atom is 0.258 e. The summed E-state index contributed by atoms with van der Waals surface area (Å²) in [7, 11) is 0. The number of benzene rings is 1. The van der Waals surface area contributed by atoms with Crippen LogP contribution in [0.4, 0.5) is 4.39 Å². The van der Waals surface area contributed by atoms with E-state index < -0.39 is 17.9 Å². The summed E-state index contributed by atoms with van der Waals surface area (Å²) in [6.45, 7) is -0.234. The Hall–Kier alpha value is -2.11. The van der Waals surface area contributed by atoms with Gasteiger partial charge in [0, 0.05) is 0 Å². The number of amides is 2. The van der Waals surface area contributed by atoms with E-state index in [2.05, 4.69) is 5.32 Å². The zero-order valence-electron chi connectivity index (χ0n) is 12.4. The van der Waals surface area contributed by atoms with Crippen molar-refractivity contribution in [2.75, 3.05) is 6.61 Å². The molecule has 120 valence electrons. The van der Waals surface area contributed by atoms with Crippen LogP contribution in [0.3, 0.4) is 0 Å². The Balaban J connectivity index is 1.85. The molecule has 2 amide bonds. The smallest absolute Gasteiger partial charge is 0.258 e. The van der Waals surface area contributed by atoms with Gasteiger partial charge in [0.1, 0.15) is 17.6 Å². The van der Waals surface area contributed by atoms with Gasteiger partial charge in [-0.15, -0.1) is 0 Å². The molecule has 1 unspecified atom stereocenters. The molecule has 1 aromatic rings. The van der Waals surface area contributed by atoms with Gasteiger partial charge in [-0.25, -0.2) is 4.39 Å². The van der Waals surface area contributed by atoms with Crippen molar-refractivity contribution in [1.29, 1.82) is 0 Å². The number of nitrogens with two attached hydrogens (primary N) is 1. The number of rotatable bonds is 6. The molecule has 0 radical (unpaired) electrons. The molecule has 22 heavy (non-hydrogen) atoms. The van der Waals surface area contributed by atoms with E-state index in [0.717, 1.165) is 32.1 Å². The molecule has 5 nitrogen and oxygen atoms in total. The van der Waals surface area contributed by atoms with Crippen molar-refractivity contribution in [2.45, 2.75) is 38.1 Å². The predicted molar refractivity (Wildman–Crippen MR) is 79.6 cm³/mol. The molecule has 0 spiro atoms. The first-order valence-electron chi connectivity index (χ1n) is 7.53. The average molecular weight is 308 g/mol. The number of hydrogen-bond acceptors (Lipinski definition) is 3. The van der Waals surface area contributed by atoms with Crippen LogP contribution in [0.1, 0.15) is 32.1 Å². The van der Waals surface area contributed by atoms with Gasteiger partial charge in [0.2, 0.25) is 5.91 Å². The minimum atomic E-state index is -0.649. The second-order valence-electron chi connectivity index (χ2n) is 5.59. The number of hydrogen-bond donors (Lipinski definition) is 2. The second kappa shape index (κ2) is 7.77. The largest absolute Gasteiger partial charge is 0.484 e. The van der Waals surface area contributed by atoms with Gasteiger partial charge < -0.3 is 15.8 Å². The molecule has 3 N–H and O–H groups in total. The molecule has 0 bridgehead atoms. The lowest BCUT2D eigenvalue weighted by atomic mass is 9.83. The summed E-state index contributed by atoms with van der Waals surface area (Å²) in [6, 6.07) is 4.73. The molecule has 1 aromatic carbocycles. The van der Waals surface area contributed by atoms with Gasteiger partial charge in [0.25, 0.3) is 5.91 Å². The highest BCUT2D eigenvalue weighted by molar-refractivity contribution is 5.87. The monoisotopic (exact) mass is 308 g/mol. The summed E-state index contributed by atoms with van der Waals surface area (Å²) < 4.78 is 18.0. The lowest BCUT2D eigenvalue weighted by Gasteiger charge is -2.28. The van der Waals surface area contributed by atoms with Crippen LogP contribution < -0.4 is 15.8 Å². The normalized spacial score (nSPS) is 16.8. The molecule has 1 fully saturated rings. The van der Waals surface area contributed by atoms with E-state index in [1.54, 1.807) is 0 Å². The number of halogens is 1. The number of carbonyl (C=O) groups excluding carboxylic acids is 2. The summed E-state index contributed by atoms with van der Waals surface area (Å²) in [4.78, 5) is 23.5. The first kappa shape index (κ1) is 16.3. The molecule has 0 heterocycles. The Bertz CT molecular complexity index is 513. The van der Waals surface area contributed by atoms with Gasteiger partial charge in [-0.1, -0.05) is 19.3 Å². The SMILES string of the molecule is NC(=O)C(NC(=O)COc1ccc(F)cc1)C1CCCCC1. The van der Waals surface area contributed by atoms with Crippen LogP contribution in [0.5, 0.6) is 5.75 Å². The molecule has 1 saturated carbocycles. The Morgan fingerprint density at radius 2 is 1.86 bits per heavy atom. The van der Waals surface area contributed by atoms with E-state index in [0.29, 0.717) is 5.75 Å². The Labute approximate surface area is 129 Å². The zero-order chi connectivity index (χ0) is 15.9. The molecule has 6 heteroatoms. The molecular formula is C16H21FN2O3. The van der Waals surface area contributed by atoms with Gasteiger partial charge in [0.05, 0.1) is 0 Å². The highest BCUT2D eigenvalue weighted by Crippen LogP contribution is 2.26. The van der Waals surface area contributed by atoms with Crippen LogP contribution in [0.15, 0.2) is 24.3 Å². The first-order valence-corrected chi connectivity index (χ1v) is 7.53. The van der Waals surface area contributed by atoms with Gasteiger partial charge >= 0.3 is 0 Å². The summed E-state index contributed by atoms with van der Waals surface area (Å²) in [5, 5.41) is 2.66. The highest BCUT2D eigenvalue weighted by atomic mass is 19.1. The number of primary amides is 1. The van der Waals surface area contributed by atoms with Crippen LogP contribution in [0, 0.1) is 11.7 Å². The molecule has 0 aliphatic heterocycles. The fourth-order valence-electron chi connectivity index (χ4n) is 2.78. The van der Waals surface area contributed by atoms with Crippen molar-refractivity contribution in [3.63, 3.8) is 0 Å². The third-order valence-electron chi connectivity index (χ3n) is 3.93. The fraction of sp³-hybridized carbons (Fsp3) is 0.500. The third-order valence-corrected chi connectivity index (χ3v) is 3.93. The Morgan fingerprint density at radius 1 is 1.23 bits per heavy atom. The molecular weight excluding hydrogens is 287 g/mol. The molecule has 1 atom stereocenters. The summed E-state index contributed by atoms with van der Waals surface area (Å²) >= 11 is 0. The zero-order valence-corrected chi connectivity index (χ0v) is 12.4. The summed E-state index contributed by atoms with van der Waals surface area (Å²) in [6.07, 6.45) is 5.05. The number of ether oxygens (including phenoxy) is 1.